The molecule has 1 aliphatic rings. The van der Waals surface area contributed by atoms with Crippen molar-refractivity contribution in [2.24, 2.45) is 29.4 Å². The Balaban J connectivity index is 2.01. The summed E-state index contributed by atoms with van der Waals surface area (Å²) >= 11 is 0. The number of nitrogens with two attached hydrogens (primary N) is 1. The van der Waals surface area contributed by atoms with Crippen LogP contribution in [0.15, 0.2) is 18.2 Å². The second-order valence-electron chi connectivity index (χ2n) is 11.6. The lowest BCUT2D eigenvalue weighted by atomic mass is 9.80. The van der Waals surface area contributed by atoms with Gasteiger partial charge in [-0.3, -0.25) is 4.79 Å². The van der Waals surface area contributed by atoms with E-state index in [1.54, 1.807) is 14.2 Å². The van der Waals surface area contributed by atoms with Crippen LogP contribution in [0.3, 0.4) is 0 Å². The quantitative estimate of drug-likeness (QED) is 0.224. The van der Waals surface area contributed by atoms with Crippen LogP contribution in [0.4, 0.5) is 0 Å². The van der Waals surface area contributed by atoms with E-state index in [1.165, 1.54) is 0 Å². The predicted octanol–water partition coefficient (Wildman–Crippen LogP) is 3.70. The molecule has 1 aliphatic carbocycles. The minimum atomic E-state index is -0.793. The van der Waals surface area contributed by atoms with Crippen LogP contribution in [0.1, 0.15) is 71.8 Å². The molecule has 1 saturated carbocycles. The van der Waals surface area contributed by atoms with Crippen molar-refractivity contribution in [2.75, 3.05) is 27.4 Å². The van der Waals surface area contributed by atoms with Gasteiger partial charge in [-0.05, 0) is 74.0 Å². The molecule has 8 nitrogen and oxygen atoms in total. The Morgan fingerprint density at radius 2 is 1.82 bits per heavy atom. The second kappa shape index (κ2) is 16.3. The van der Waals surface area contributed by atoms with Crippen LogP contribution in [0.2, 0.25) is 0 Å². The average Bonchev–Trinajstić information content (AvgIpc) is 3.28. The number of rotatable bonds is 17. The Morgan fingerprint density at radius 3 is 2.39 bits per heavy atom. The molecule has 5 N–H and O–H groups in total. The van der Waals surface area contributed by atoms with Crippen molar-refractivity contribution in [1.82, 2.24) is 5.32 Å². The van der Waals surface area contributed by atoms with Crippen LogP contribution < -0.4 is 20.5 Å². The van der Waals surface area contributed by atoms with Crippen molar-refractivity contribution in [3.05, 3.63) is 23.8 Å². The number of carbonyl (C=O) groups is 1. The smallest absolute Gasteiger partial charge is 0.223 e. The van der Waals surface area contributed by atoms with Gasteiger partial charge in [0.25, 0.3) is 0 Å². The highest BCUT2D eigenvalue weighted by Gasteiger charge is 2.33. The molecule has 2 rings (SSSR count). The Bertz CT molecular complexity index is 833. The molecule has 1 unspecified atom stereocenters. The first kappa shape index (κ1) is 32.3. The molecule has 0 heterocycles. The molecule has 0 aromatic heterocycles. The summed E-state index contributed by atoms with van der Waals surface area (Å²) in [7, 11) is 3.31. The Morgan fingerprint density at radius 1 is 1.08 bits per heavy atom. The van der Waals surface area contributed by atoms with Crippen molar-refractivity contribution in [1.29, 1.82) is 0 Å². The second-order valence-corrected chi connectivity index (χ2v) is 11.6. The van der Waals surface area contributed by atoms with E-state index < -0.39 is 18.2 Å². The average molecular weight is 537 g/mol. The maximum absolute atomic E-state index is 13.0. The van der Waals surface area contributed by atoms with Gasteiger partial charge in [-0.25, -0.2) is 0 Å². The predicted molar refractivity (Wildman–Crippen MR) is 150 cm³/mol. The van der Waals surface area contributed by atoms with E-state index in [0.717, 1.165) is 37.7 Å². The highest BCUT2D eigenvalue weighted by atomic mass is 16.5. The zero-order chi connectivity index (χ0) is 28.2. The maximum Gasteiger partial charge on any atom is 0.223 e. The molecule has 1 fully saturated rings. The molecule has 0 saturated heterocycles. The molecule has 1 aromatic rings. The fraction of sp³-hybridized carbons (Fsp3) is 0.767. The molecule has 0 bridgehead atoms. The van der Waals surface area contributed by atoms with Gasteiger partial charge < -0.3 is 35.5 Å². The van der Waals surface area contributed by atoms with Gasteiger partial charge in [-0.15, -0.1) is 0 Å². The number of nitrogens with one attached hydrogen (secondary N) is 1. The van der Waals surface area contributed by atoms with Crippen LogP contribution in [0.25, 0.3) is 0 Å². The molecule has 218 valence electrons. The molecule has 0 spiro atoms. The molecular weight excluding hydrogens is 484 g/mol. The third-order valence-electron chi connectivity index (χ3n) is 7.93. The van der Waals surface area contributed by atoms with Gasteiger partial charge in [0.05, 0.1) is 32.0 Å². The van der Waals surface area contributed by atoms with E-state index in [9.17, 15) is 15.0 Å². The van der Waals surface area contributed by atoms with Gasteiger partial charge in [-0.1, -0.05) is 33.8 Å². The summed E-state index contributed by atoms with van der Waals surface area (Å²) in [5, 5.41) is 24.2. The van der Waals surface area contributed by atoms with Crippen molar-refractivity contribution < 1.29 is 29.2 Å². The summed E-state index contributed by atoms with van der Waals surface area (Å²) in [5.74, 6) is 1.60. The van der Waals surface area contributed by atoms with Crippen molar-refractivity contribution in [3.8, 4) is 11.5 Å². The van der Waals surface area contributed by atoms with Gasteiger partial charge in [0, 0.05) is 32.1 Å². The molecule has 0 radical (unpaired) electrons. The highest BCUT2D eigenvalue weighted by Crippen LogP contribution is 2.32. The molecule has 1 aromatic carbocycles. The van der Waals surface area contributed by atoms with Crippen LogP contribution in [0, 0.1) is 23.7 Å². The Labute approximate surface area is 229 Å². The minimum absolute atomic E-state index is 0.0536. The molecule has 1 amide bonds. The lowest BCUT2D eigenvalue weighted by molar-refractivity contribution is -0.129. The molecule has 0 aliphatic heterocycles. The lowest BCUT2D eigenvalue weighted by Crippen LogP contribution is -2.46. The third-order valence-corrected chi connectivity index (χ3v) is 7.93. The first-order valence-corrected chi connectivity index (χ1v) is 14.3. The summed E-state index contributed by atoms with van der Waals surface area (Å²) < 4.78 is 16.5. The van der Waals surface area contributed by atoms with E-state index in [4.69, 9.17) is 19.9 Å². The largest absolute Gasteiger partial charge is 0.493 e. The van der Waals surface area contributed by atoms with Crippen LogP contribution in [0.5, 0.6) is 11.5 Å². The maximum atomic E-state index is 13.0. The molecule has 6 atom stereocenters. The van der Waals surface area contributed by atoms with Gasteiger partial charge in [-0.2, -0.15) is 0 Å². The topological polar surface area (TPSA) is 123 Å². The first-order valence-electron chi connectivity index (χ1n) is 14.3. The Kier molecular flexibility index (Phi) is 13.9. The van der Waals surface area contributed by atoms with Gasteiger partial charge in [0.1, 0.15) is 0 Å². The molecular formula is C30H52N2O6. The van der Waals surface area contributed by atoms with Gasteiger partial charge in [0.15, 0.2) is 11.5 Å². The normalized spacial score (nSPS) is 20.8. The summed E-state index contributed by atoms with van der Waals surface area (Å²) in [6, 6.07) is 5.36. The van der Waals surface area contributed by atoms with E-state index >= 15 is 0 Å². The standard InChI is InChI=1S/C30H52N2O6/c1-19(2)22(15-21-11-12-28(37-6)29(16-21)38-14-8-13-36-5)17-24(31)27(34)18-23(20(3)4)30(35)32-25-9-7-10-26(25)33/h11-12,16,19-20,22-27,33-34H,7-10,13-15,17-18,31H2,1-6H3,(H,32,35)/t22-,23-,24-,25?,26+,27-/m0/s1. The highest BCUT2D eigenvalue weighted by molar-refractivity contribution is 5.79. The van der Waals surface area contributed by atoms with Crippen molar-refractivity contribution in [3.63, 3.8) is 0 Å². The monoisotopic (exact) mass is 536 g/mol. The Hall–Kier alpha value is -1.87. The van der Waals surface area contributed by atoms with E-state index in [0.29, 0.717) is 43.5 Å². The summed E-state index contributed by atoms with van der Waals surface area (Å²) in [6.45, 7) is 9.51. The molecule has 38 heavy (non-hydrogen) atoms. The zero-order valence-corrected chi connectivity index (χ0v) is 24.3. The fourth-order valence-corrected chi connectivity index (χ4v) is 5.26. The number of ether oxygens (including phenoxy) is 3. The van der Waals surface area contributed by atoms with E-state index in [-0.39, 0.29) is 29.7 Å². The number of benzene rings is 1. The molecule has 8 heteroatoms. The fourth-order valence-electron chi connectivity index (χ4n) is 5.26. The summed E-state index contributed by atoms with van der Waals surface area (Å²) in [5.41, 5.74) is 7.66. The first-order chi connectivity index (χ1) is 18.1. The third kappa shape index (κ3) is 10.0. The number of methoxy groups -OCH3 is 2. The van der Waals surface area contributed by atoms with Gasteiger partial charge >= 0.3 is 0 Å². The SMILES string of the molecule is COCCCOc1cc(C[C@@H](C[C@H](N)[C@@H](O)C[C@H](C(=O)NC2CCC[C@H]2O)C(C)C)C(C)C)ccc1OC. The van der Waals surface area contributed by atoms with Crippen LogP contribution in [-0.4, -0.2) is 67.8 Å². The number of aliphatic hydroxyl groups excluding tert-OH is 2. The van der Waals surface area contributed by atoms with Crippen LogP contribution >= 0.6 is 0 Å². The summed E-state index contributed by atoms with van der Waals surface area (Å²) in [6.07, 6.45) is 3.68. The van der Waals surface area contributed by atoms with Crippen LogP contribution in [-0.2, 0) is 16.0 Å². The van der Waals surface area contributed by atoms with Gasteiger partial charge in [0.2, 0.25) is 5.91 Å². The zero-order valence-electron chi connectivity index (χ0n) is 24.3. The number of amides is 1. The van der Waals surface area contributed by atoms with Crippen molar-refractivity contribution in [2.45, 2.75) is 96.9 Å². The number of aliphatic hydroxyl groups is 2. The van der Waals surface area contributed by atoms with E-state index in [1.807, 2.05) is 26.0 Å². The van der Waals surface area contributed by atoms with Crippen molar-refractivity contribution >= 4 is 5.91 Å². The minimum Gasteiger partial charge on any atom is -0.493 e. The summed E-state index contributed by atoms with van der Waals surface area (Å²) in [4.78, 5) is 13.0. The number of carbonyl (C=O) groups excluding carboxylic acids is 1. The number of hydrogen-bond donors (Lipinski definition) is 4. The lowest BCUT2D eigenvalue weighted by Gasteiger charge is -2.30. The van der Waals surface area contributed by atoms with E-state index in [2.05, 4.69) is 25.2 Å². The number of hydrogen-bond acceptors (Lipinski definition) is 7.